The minimum Gasteiger partial charge on any atom is -0.362 e. The van der Waals surface area contributed by atoms with Crippen LogP contribution in [0, 0.1) is 0 Å². The van der Waals surface area contributed by atoms with Gasteiger partial charge in [0.2, 0.25) is 11.7 Å². The Labute approximate surface area is 145 Å². The molecule has 0 radical (unpaired) electrons. The summed E-state index contributed by atoms with van der Waals surface area (Å²) in [5, 5.41) is 17.2. The Bertz CT molecular complexity index is 849. The van der Waals surface area contributed by atoms with Crippen LogP contribution < -0.4 is 10.2 Å². The number of aromatic nitrogens is 4. The first kappa shape index (κ1) is 15.3. The van der Waals surface area contributed by atoms with E-state index in [1.54, 1.807) is 0 Å². The zero-order chi connectivity index (χ0) is 17.1. The standard InChI is InChI=1S/C18H18N6O/c25-16(12-24-11-10-13-6-4-5-9-15(13)24)19-17(18-20-22-23-21-18)14-7-2-1-3-8-14/h1-9,17H,10-12H2,(H,19,25)(H,20,21,22,23). The molecule has 25 heavy (non-hydrogen) atoms. The average molecular weight is 334 g/mol. The Balaban J connectivity index is 1.50. The highest BCUT2D eigenvalue weighted by atomic mass is 16.2. The predicted molar refractivity (Wildman–Crippen MR) is 93.0 cm³/mol. The maximum Gasteiger partial charge on any atom is 0.240 e. The number of benzene rings is 2. The van der Waals surface area contributed by atoms with Crippen molar-refractivity contribution in [3.63, 3.8) is 0 Å². The van der Waals surface area contributed by atoms with Crippen molar-refractivity contribution in [2.75, 3.05) is 18.0 Å². The van der Waals surface area contributed by atoms with Crippen molar-refractivity contribution in [3.8, 4) is 0 Å². The average Bonchev–Trinajstić information content (AvgIpc) is 3.31. The molecule has 0 fully saturated rings. The highest BCUT2D eigenvalue weighted by molar-refractivity contribution is 5.83. The molecule has 126 valence electrons. The van der Waals surface area contributed by atoms with E-state index in [0.717, 1.165) is 24.2 Å². The van der Waals surface area contributed by atoms with Crippen molar-refractivity contribution in [2.45, 2.75) is 12.5 Å². The molecule has 1 amide bonds. The topological polar surface area (TPSA) is 86.8 Å². The molecule has 3 aromatic rings. The van der Waals surface area contributed by atoms with Gasteiger partial charge in [-0.3, -0.25) is 4.79 Å². The number of carbonyl (C=O) groups excluding carboxylic acids is 1. The molecule has 7 nitrogen and oxygen atoms in total. The zero-order valence-corrected chi connectivity index (χ0v) is 13.6. The molecule has 0 saturated heterocycles. The fourth-order valence-corrected chi connectivity index (χ4v) is 3.19. The second-order valence-electron chi connectivity index (χ2n) is 5.98. The third kappa shape index (κ3) is 3.21. The molecule has 2 heterocycles. The normalized spacial score (nSPS) is 14.2. The fraction of sp³-hybridized carbons (Fsp3) is 0.222. The van der Waals surface area contributed by atoms with Crippen molar-refractivity contribution < 1.29 is 4.79 Å². The van der Waals surface area contributed by atoms with Crippen LogP contribution in [0.5, 0.6) is 0 Å². The second kappa shape index (κ2) is 6.72. The minimum absolute atomic E-state index is 0.0737. The molecular weight excluding hydrogens is 316 g/mol. The van der Waals surface area contributed by atoms with Gasteiger partial charge in [0, 0.05) is 12.2 Å². The maximum atomic E-state index is 12.6. The Morgan fingerprint density at radius 1 is 1.16 bits per heavy atom. The van der Waals surface area contributed by atoms with Gasteiger partial charge in [0.25, 0.3) is 0 Å². The van der Waals surface area contributed by atoms with Crippen LogP contribution in [0.1, 0.15) is 23.0 Å². The van der Waals surface area contributed by atoms with Crippen LogP contribution in [0.15, 0.2) is 54.6 Å². The quantitative estimate of drug-likeness (QED) is 0.738. The summed E-state index contributed by atoms with van der Waals surface area (Å²) in [6.07, 6.45) is 0.969. The van der Waals surface area contributed by atoms with E-state index in [9.17, 15) is 4.79 Å². The van der Waals surface area contributed by atoms with E-state index in [1.165, 1.54) is 5.56 Å². The highest BCUT2D eigenvalue weighted by Crippen LogP contribution is 2.27. The van der Waals surface area contributed by atoms with E-state index in [0.29, 0.717) is 12.4 Å². The van der Waals surface area contributed by atoms with Crippen molar-refractivity contribution in [3.05, 3.63) is 71.5 Å². The third-order valence-electron chi connectivity index (χ3n) is 4.38. The van der Waals surface area contributed by atoms with Crippen LogP contribution in [0.2, 0.25) is 0 Å². The number of nitrogens with zero attached hydrogens (tertiary/aromatic N) is 4. The number of anilines is 1. The lowest BCUT2D eigenvalue weighted by Gasteiger charge is -2.21. The van der Waals surface area contributed by atoms with Gasteiger partial charge in [0.15, 0.2) is 0 Å². The van der Waals surface area contributed by atoms with Crippen molar-refractivity contribution in [1.29, 1.82) is 0 Å². The molecular formula is C18H18N6O. The molecule has 4 rings (SSSR count). The van der Waals surface area contributed by atoms with Crippen molar-refractivity contribution in [1.82, 2.24) is 25.9 Å². The van der Waals surface area contributed by atoms with Gasteiger partial charge >= 0.3 is 0 Å². The molecule has 0 saturated carbocycles. The first-order chi connectivity index (χ1) is 12.3. The number of para-hydroxylation sites is 1. The van der Waals surface area contributed by atoms with Gasteiger partial charge in [0.05, 0.1) is 6.54 Å². The summed E-state index contributed by atoms with van der Waals surface area (Å²) in [5.74, 6) is 0.372. The van der Waals surface area contributed by atoms with Gasteiger partial charge < -0.3 is 10.2 Å². The largest absolute Gasteiger partial charge is 0.362 e. The van der Waals surface area contributed by atoms with Crippen LogP contribution in [0.4, 0.5) is 5.69 Å². The summed E-state index contributed by atoms with van der Waals surface area (Å²) in [5.41, 5.74) is 3.33. The van der Waals surface area contributed by atoms with Crippen molar-refractivity contribution >= 4 is 11.6 Å². The molecule has 0 bridgehead atoms. The summed E-state index contributed by atoms with van der Waals surface area (Å²) in [6, 6.07) is 17.4. The molecule has 0 aliphatic carbocycles. The van der Waals surface area contributed by atoms with E-state index >= 15 is 0 Å². The number of rotatable bonds is 5. The number of aromatic amines is 1. The van der Waals surface area contributed by atoms with Crippen LogP contribution in [0.25, 0.3) is 0 Å². The van der Waals surface area contributed by atoms with Crippen LogP contribution in [-0.4, -0.2) is 39.6 Å². The van der Waals surface area contributed by atoms with E-state index in [2.05, 4.69) is 43.0 Å². The fourth-order valence-electron chi connectivity index (χ4n) is 3.19. The molecule has 0 spiro atoms. The molecule has 7 heteroatoms. The number of hydrogen-bond donors (Lipinski definition) is 2. The summed E-state index contributed by atoms with van der Waals surface area (Å²) in [7, 11) is 0. The van der Waals surface area contributed by atoms with E-state index in [-0.39, 0.29) is 5.91 Å². The number of amides is 1. The number of hydrogen-bond acceptors (Lipinski definition) is 5. The minimum atomic E-state index is -0.426. The Morgan fingerprint density at radius 2 is 1.96 bits per heavy atom. The summed E-state index contributed by atoms with van der Waals surface area (Å²) >= 11 is 0. The number of tetrazole rings is 1. The molecule has 2 N–H and O–H groups in total. The molecule has 2 aromatic carbocycles. The van der Waals surface area contributed by atoms with E-state index < -0.39 is 6.04 Å². The monoisotopic (exact) mass is 334 g/mol. The van der Waals surface area contributed by atoms with Gasteiger partial charge in [-0.05, 0) is 23.6 Å². The van der Waals surface area contributed by atoms with Gasteiger partial charge in [-0.25, -0.2) is 0 Å². The maximum absolute atomic E-state index is 12.6. The molecule has 1 aromatic heterocycles. The highest BCUT2D eigenvalue weighted by Gasteiger charge is 2.24. The Morgan fingerprint density at radius 3 is 2.76 bits per heavy atom. The Kier molecular flexibility index (Phi) is 4.12. The second-order valence-corrected chi connectivity index (χ2v) is 5.98. The van der Waals surface area contributed by atoms with E-state index in [1.807, 2.05) is 42.5 Å². The number of carbonyl (C=O) groups is 1. The van der Waals surface area contributed by atoms with Gasteiger partial charge in [-0.15, -0.1) is 10.2 Å². The SMILES string of the molecule is O=C(CN1CCc2ccccc21)NC(c1ccccc1)c1nn[nH]n1. The lowest BCUT2D eigenvalue weighted by Crippen LogP contribution is -2.39. The lowest BCUT2D eigenvalue weighted by molar-refractivity contribution is -0.120. The number of nitrogens with one attached hydrogen (secondary N) is 2. The number of fused-ring (bicyclic) bond motifs is 1. The van der Waals surface area contributed by atoms with Crippen LogP contribution in [-0.2, 0) is 11.2 Å². The summed E-state index contributed by atoms with van der Waals surface area (Å²) in [4.78, 5) is 14.7. The van der Waals surface area contributed by atoms with Gasteiger partial charge in [0.1, 0.15) is 6.04 Å². The number of H-pyrrole nitrogens is 1. The molecule has 1 unspecified atom stereocenters. The van der Waals surface area contributed by atoms with Crippen molar-refractivity contribution in [2.24, 2.45) is 0 Å². The zero-order valence-electron chi connectivity index (χ0n) is 13.6. The predicted octanol–water partition coefficient (Wildman–Crippen LogP) is 1.47. The smallest absolute Gasteiger partial charge is 0.240 e. The van der Waals surface area contributed by atoms with Crippen LogP contribution >= 0.6 is 0 Å². The van der Waals surface area contributed by atoms with Gasteiger partial charge in [-0.1, -0.05) is 53.7 Å². The summed E-state index contributed by atoms with van der Waals surface area (Å²) in [6.45, 7) is 1.16. The van der Waals surface area contributed by atoms with Crippen LogP contribution in [0.3, 0.4) is 0 Å². The first-order valence-corrected chi connectivity index (χ1v) is 8.22. The molecule has 1 aliphatic rings. The van der Waals surface area contributed by atoms with E-state index in [4.69, 9.17) is 0 Å². The summed E-state index contributed by atoms with van der Waals surface area (Å²) < 4.78 is 0. The molecule has 1 aliphatic heterocycles. The lowest BCUT2D eigenvalue weighted by atomic mass is 10.1. The Hall–Kier alpha value is -3.22. The third-order valence-corrected chi connectivity index (χ3v) is 4.38. The van der Waals surface area contributed by atoms with Gasteiger partial charge in [-0.2, -0.15) is 5.21 Å². The first-order valence-electron chi connectivity index (χ1n) is 8.22. The molecule has 1 atom stereocenters.